The number of nitrogens with one attached hydrogen (secondary N) is 1. The van der Waals surface area contributed by atoms with Gasteiger partial charge in [0.1, 0.15) is 35.6 Å². The summed E-state index contributed by atoms with van der Waals surface area (Å²) in [6.07, 6.45) is 0.680. The number of rotatable bonds is 5. The van der Waals surface area contributed by atoms with Crippen molar-refractivity contribution in [2.45, 2.75) is 6.61 Å². The van der Waals surface area contributed by atoms with Crippen LogP contribution in [-0.4, -0.2) is 20.6 Å². The first-order valence-corrected chi connectivity index (χ1v) is 8.53. The van der Waals surface area contributed by atoms with Crippen LogP contribution in [0.2, 0.25) is 0 Å². The van der Waals surface area contributed by atoms with Crippen LogP contribution in [0.15, 0.2) is 30.3 Å². The summed E-state index contributed by atoms with van der Waals surface area (Å²) in [5.74, 6) is -5.64. The summed E-state index contributed by atoms with van der Waals surface area (Å²) in [6, 6.07) is 3.45. The molecule has 1 N–H and O–H groups in total. The second-order valence-electron chi connectivity index (χ2n) is 5.02. The normalized spacial score (nSPS) is 11.2. The van der Waals surface area contributed by atoms with Crippen molar-refractivity contribution in [3.05, 3.63) is 64.7 Å². The highest BCUT2D eigenvalue weighted by molar-refractivity contribution is 7.89. The van der Waals surface area contributed by atoms with Crippen LogP contribution in [0.5, 0.6) is 5.75 Å². The zero-order valence-corrected chi connectivity index (χ0v) is 13.5. The zero-order chi connectivity index (χ0) is 18.8. The molecule has 0 aromatic heterocycles. The van der Waals surface area contributed by atoms with Crippen LogP contribution in [0.3, 0.4) is 0 Å². The summed E-state index contributed by atoms with van der Waals surface area (Å²) in [5, 5.41) is 0. The molecule has 25 heavy (non-hydrogen) atoms. The fourth-order valence-electron chi connectivity index (χ4n) is 1.87. The van der Waals surface area contributed by atoms with Gasteiger partial charge in [0.15, 0.2) is 0 Å². The Kier molecular flexibility index (Phi) is 5.31. The van der Waals surface area contributed by atoms with E-state index in [9.17, 15) is 30.8 Å². The van der Waals surface area contributed by atoms with E-state index < -0.39 is 51.4 Å². The first-order valence-electron chi connectivity index (χ1n) is 6.64. The lowest BCUT2D eigenvalue weighted by atomic mass is 10.1. The molecule has 0 saturated heterocycles. The maximum Gasteiger partial charge on any atom is 0.267 e. The minimum absolute atomic E-state index is 0.240. The van der Waals surface area contributed by atoms with Crippen LogP contribution in [0, 0.1) is 23.3 Å². The Morgan fingerprint density at radius 2 is 1.60 bits per heavy atom. The molecule has 2 aromatic carbocycles. The van der Waals surface area contributed by atoms with Gasteiger partial charge in [-0.15, -0.1) is 0 Å². The number of ether oxygens (including phenoxy) is 1. The number of sulfonamides is 1. The third-order valence-corrected chi connectivity index (χ3v) is 3.45. The smallest absolute Gasteiger partial charge is 0.267 e. The Hall–Kier alpha value is -2.62. The molecule has 2 rings (SSSR count). The summed E-state index contributed by atoms with van der Waals surface area (Å²) < 4.78 is 82.3. The number of carbonyl (C=O) groups is 1. The molecule has 0 aliphatic carbocycles. The van der Waals surface area contributed by atoms with E-state index in [1.165, 1.54) is 4.72 Å². The van der Waals surface area contributed by atoms with Crippen LogP contribution >= 0.6 is 0 Å². The summed E-state index contributed by atoms with van der Waals surface area (Å²) in [7, 11) is -3.95. The Balaban J connectivity index is 2.20. The quantitative estimate of drug-likeness (QED) is 0.813. The fourth-order valence-corrected chi connectivity index (χ4v) is 2.32. The van der Waals surface area contributed by atoms with E-state index in [2.05, 4.69) is 0 Å². The highest BCUT2D eigenvalue weighted by atomic mass is 32.2. The molecule has 0 aliphatic rings. The molecule has 2 aromatic rings. The van der Waals surface area contributed by atoms with Crippen molar-refractivity contribution in [1.82, 2.24) is 4.72 Å². The van der Waals surface area contributed by atoms with Crippen LogP contribution in [-0.2, 0) is 16.6 Å². The van der Waals surface area contributed by atoms with Crippen LogP contribution < -0.4 is 9.46 Å². The van der Waals surface area contributed by atoms with Gasteiger partial charge < -0.3 is 4.74 Å². The number of benzene rings is 2. The average molecular weight is 377 g/mol. The third kappa shape index (κ3) is 5.18. The standard InChI is InChI=1S/C15H11F4NO4S/c1-25(22,23)20-15(21)12-6-13(18)8(2-14(12)19)7-24-11-4-9(16)3-10(17)5-11/h2-6H,7H2,1H3,(H,20,21). The van der Waals surface area contributed by atoms with Gasteiger partial charge in [0.25, 0.3) is 5.91 Å². The van der Waals surface area contributed by atoms with E-state index in [1.54, 1.807) is 0 Å². The first kappa shape index (κ1) is 18.7. The highest BCUT2D eigenvalue weighted by Gasteiger charge is 2.19. The van der Waals surface area contributed by atoms with E-state index in [0.717, 1.165) is 12.1 Å². The first-order chi connectivity index (χ1) is 11.5. The summed E-state index contributed by atoms with van der Waals surface area (Å²) in [5.41, 5.74) is -1.15. The van der Waals surface area contributed by atoms with Gasteiger partial charge in [0, 0.05) is 23.8 Å². The maximum absolute atomic E-state index is 14.0. The molecule has 1 amide bonds. The molecule has 0 radical (unpaired) electrons. The second kappa shape index (κ2) is 7.09. The minimum atomic E-state index is -3.95. The van der Waals surface area contributed by atoms with Crippen molar-refractivity contribution >= 4 is 15.9 Å². The van der Waals surface area contributed by atoms with Crippen LogP contribution in [0.1, 0.15) is 15.9 Å². The van der Waals surface area contributed by atoms with Gasteiger partial charge >= 0.3 is 0 Å². The predicted molar refractivity (Wildman–Crippen MR) is 79.4 cm³/mol. The molecular formula is C15H11F4NO4S. The molecule has 134 valence electrons. The lowest BCUT2D eigenvalue weighted by Crippen LogP contribution is -2.30. The number of amides is 1. The number of hydrogen-bond acceptors (Lipinski definition) is 4. The minimum Gasteiger partial charge on any atom is -0.489 e. The Bertz CT molecular complexity index is 911. The lowest BCUT2D eigenvalue weighted by Gasteiger charge is -2.10. The van der Waals surface area contributed by atoms with Crippen LogP contribution in [0.4, 0.5) is 17.6 Å². The van der Waals surface area contributed by atoms with Gasteiger partial charge in [-0.2, -0.15) is 0 Å². The molecule has 10 heteroatoms. The van der Waals surface area contributed by atoms with E-state index in [-0.39, 0.29) is 11.3 Å². The molecule has 5 nitrogen and oxygen atoms in total. The van der Waals surface area contributed by atoms with E-state index in [1.807, 2.05) is 0 Å². The number of halogens is 4. The summed E-state index contributed by atoms with van der Waals surface area (Å²) in [4.78, 5) is 11.6. The topological polar surface area (TPSA) is 72.5 Å². The number of carbonyl (C=O) groups excluding carboxylic acids is 1. The lowest BCUT2D eigenvalue weighted by molar-refractivity contribution is 0.0977. The second-order valence-corrected chi connectivity index (χ2v) is 6.77. The largest absolute Gasteiger partial charge is 0.489 e. The number of hydrogen-bond donors (Lipinski definition) is 1. The van der Waals surface area contributed by atoms with Gasteiger partial charge in [0.05, 0.1) is 11.8 Å². The van der Waals surface area contributed by atoms with E-state index in [0.29, 0.717) is 24.5 Å². The predicted octanol–water partition coefficient (Wildman–Crippen LogP) is 2.51. The highest BCUT2D eigenvalue weighted by Crippen LogP contribution is 2.20. The fraction of sp³-hybridized carbons (Fsp3) is 0.133. The molecule has 0 heterocycles. The van der Waals surface area contributed by atoms with Gasteiger partial charge in [-0.25, -0.2) is 30.7 Å². The molecule has 0 unspecified atom stereocenters. The molecule has 0 spiro atoms. The molecule has 0 saturated carbocycles. The molecule has 0 aliphatic heterocycles. The van der Waals surface area contributed by atoms with Crippen molar-refractivity contribution in [3.63, 3.8) is 0 Å². The van der Waals surface area contributed by atoms with Gasteiger partial charge in [-0.1, -0.05) is 0 Å². The Morgan fingerprint density at radius 1 is 1.00 bits per heavy atom. The third-order valence-electron chi connectivity index (χ3n) is 2.89. The zero-order valence-electron chi connectivity index (χ0n) is 12.6. The van der Waals surface area contributed by atoms with Gasteiger partial charge in [0.2, 0.25) is 10.0 Å². The van der Waals surface area contributed by atoms with Crippen molar-refractivity contribution in [2.24, 2.45) is 0 Å². The van der Waals surface area contributed by atoms with E-state index >= 15 is 0 Å². The van der Waals surface area contributed by atoms with Crippen LogP contribution in [0.25, 0.3) is 0 Å². The Morgan fingerprint density at radius 3 is 2.16 bits per heavy atom. The summed E-state index contributed by atoms with van der Waals surface area (Å²) in [6.45, 7) is -0.570. The molecule has 0 atom stereocenters. The molecule has 0 bridgehead atoms. The summed E-state index contributed by atoms with van der Waals surface area (Å²) >= 11 is 0. The van der Waals surface area contributed by atoms with Crippen molar-refractivity contribution in [2.75, 3.05) is 6.26 Å². The van der Waals surface area contributed by atoms with Crippen molar-refractivity contribution < 1.29 is 35.5 Å². The van der Waals surface area contributed by atoms with Gasteiger partial charge in [-0.3, -0.25) is 4.79 Å². The SMILES string of the molecule is CS(=O)(=O)NC(=O)c1cc(F)c(COc2cc(F)cc(F)c2)cc1F. The van der Waals surface area contributed by atoms with E-state index in [4.69, 9.17) is 4.74 Å². The van der Waals surface area contributed by atoms with Gasteiger partial charge in [-0.05, 0) is 12.1 Å². The van der Waals surface area contributed by atoms with Crippen molar-refractivity contribution in [3.8, 4) is 5.75 Å². The average Bonchev–Trinajstić information content (AvgIpc) is 2.44. The maximum atomic E-state index is 14.0. The monoisotopic (exact) mass is 377 g/mol. The Labute approximate surface area is 140 Å². The van der Waals surface area contributed by atoms with Crippen molar-refractivity contribution in [1.29, 1.82) is 0 Å². The molecular weight excluding hydrogens is 366 g/mol. The molecule has 0 fully saturated rings.